The van der Waals surface area contributed by atoms with Gasteiger partial charge in [-0.1, -0.05) is 49.7 Å². The molecule has 4 nitrogen and oxygen atoms in total. The highest BCUT2D eigenvalue weighted by Gasteiger charge is 2.29. The fourth-order valence-electron chi connectivity index (χ4n) is 3.11. The largest absolute Gasteiger partial charge is 0.352 e. The van der Waals surface area contributed by atoms with E-state index in [9.17, 15) is 14.0 Å². The van der Waals surface area contributed by atoms with Crippen LogP contribution in [0.2, 0.25) is 5.02 Å². The second-order valence-electron chi connectivity index (χ2n) is 7.51. The molecule has 31 heavy (non-hydrogen) atoms. The second kappa shape index (κ2) is 12.7. The lowest BCUT2D eigenvalue weighted by Gasteiger charge is -2.31. The summed E-state index contributed by atoms with van der Waals surface area (Å²) < 4.78 is 13.3. The zero-order valence-electron chi connectivity index (χ0n) is 18.2. The molecule has 0 heterocycles. The molecule has 2 unspecified atom stereocenters. The van der Waals surface area contributed by atoms with Crippen molar-refractivity contribution in [3.63, 3.8) is 0 Å². The highest BCUT2D eigenvalue weighted by atomic mass is 35.5. The van der Waals surface area contributed by atoms with Gasteiger partial charge in [0.15, 0.2) is 0 Å². The minimum Gasteiger partial charge on any atom is -0.352 e. The van der Waals surface area contributed by atoms with Gasteiger partial charge in [-0.25, -0.2) is 4.39 Å². The van der Waals surface area contributed by atoms with Crippen LogP contribution in [0.25, 0.3) is 0 Å². The van der Waals surface area contributed by atoms with Crippen LogP contribution < -0.4 is 5.32 Å². The third-order valence-electron chi connectivity index (χ3n) is 5.04. The van der Waals surface area contributed by atoms with Crippen molar-refractivity contribution in [1.82, 2.24) is 10.2 Å². The maximum absolute atomic E-state index is 13.3. The van der Waals surface area contributed by atoms with Gasteiger partial charge >= 0.3 is 0 Å². The molecule has 2 aromatic rings. The number of rotatable bonds is 11. The highest BCUT2D eigenvalue weighted by Crippen LogP contribution is 2.19. The van der Waals surface area contributed by atoms with Gasteiger partial charge in [0.05, 0.1) is 5.75 Å². The standard InChI is InChI=1S/C24H30ClFN2O2S/c1-4-17(3)27-24(30)22(5-2)28(14-18-9-11-21(26)12-10-18)23(29)16-31-15-19-7-6-8-20(25)13-19/h6-13,17,22H,4-5,14-16H2,1-3H3,(H,27,30). The van der Waals surface area contributed by atoms with E-state index in [1.807, 2.05) is 45.0 Å². The average molecular weight is 465 g/mol. The van der Waals surface area contributed by atoms with Crippen LogP contribution in [0.15, 0.2) is 48.5 Å². The van der Waals surface area contributed by atoms with Crippen molar-refractivity contribution in [2.45, 2.75) is 58.0 Å². The van der Waals surface area contributed by atoms with Crippen LogP contribution in [-0.2, 0) is 21.9 Å². The van der Waals surface area contributed by atoms with Crippen molar-refractivity contribution in [3.05, 3.63) is 70.5 Å². The van der Waals surface area contributed by atoms with Crippen molar-refractivity contribution < 1.29 is 14.0 Å². The minimum atomic E-state index is -0.585. The summed E-state index contributed by atoms with van der Waals surface area (Å²) >= 11 is 7.51. The topological polar surface area (TPSA) is 49.4 Å². The highest BCUT2D eigenvalue weighted by molar-refractivity contribution is 7.99. The molecule has 0 radical (unpaired) electrons. The van der Waals surface area contributed by atoms with Crippen molar-refractivity contribution in [2.24, 2.45) is 0 Å². The molecule has 0 spiro atoms. The van der Waals surface area contributed by atoms with E-state index in [2.05, 4.69) is 5.32 Å². The second-order valence-corrected chi connectivity index (χ2v) is 8.93. The van der Waals surface area contributed by atoms with Gasteiger partial charge in [-0.2, -0.15) is 0 Å². The van der Waals surface area contributed by atoms with Crippen molar-refractivity contribution in [2.75, 3.05) is 5.75 Å². The monoisotopic (exact) mass is 464 g/mol. The van der Waals surface area contributed by atoms with E-state index in [1.54, 1.807) is 17.0 Å². The molecule has 2 atom stereocenters. The first-order valence-corrected chi connectivity index (χ1v) is 12.0. The van der Waals surface area contributed by atoms with Gasteiger partial charge in [-0.3, -0.25) is 9.59 Å². The molecule has 0 saturated carbocycles. The Morgan fingerprint density at radius 1 is 1.10 bits per heavy atom. The molecule has 2 rings (SSSR count). The molecule has 0 aliphatic rings. The molecule has 0 bridgehead atoms. The Labute approximate surface area is 193 Å². The molecule has 168 valence electrons. The Hall–Kier alpha value is -2.05. The number of thioether (sulfide) groups is 1. The first-order chi connectivity index (χ1) is 14.8. The Kier molecular flexibility index (Phi) is 10.3. The number of carbonyl (C=O) groups is 2. The van der Waals surface area contributed by atoms with Crippen LogP contribution in [0.4, 0.5) is 4.39 Å². The lowest BCUT2D eigenvalue weighted by molar-refractivity contribution is -0.139. The minimum absolute atomic E-state index is 0.0292. The molecule has 0 saturated heterocycles. The van der Waals surface area contributed by atoms with E-state index in [4.69, 9.17) is 11.6 Å². The van der Waals surface area contributed by atoms with Crippen LogP contribution >= 0.6 is 23.4 Å². The fourth-order valence-corrected chi connectivity index (χ4v) is 4.18. The number of amides is 2. The lowest BCUT2D eigenvalue weighted by Crippen LogP contribution is -2.51. The van der Waals surface area contributed by atoms with Crippen LogP contribution in [0.5, 0.6) is 0 Å². The van der Waals surface area contributed by atoms with Gasteiger partial charge in [0.25, 0.3) is 0 Å². The number of hydrogen-bond acceptors (Lipinski definition) is 3. The molecule has 0 aromatic heterocycles. The Morgan fingerprint density at radius 2 is 1.81 bits per heavy atom. The van der Waals surface area contributed by atoms with Crippen LogP contribution in [0, 0.1) is 5.82 Å². The summed E-state index contributed by atoms with van der Waals surface area (Å²) in [5.41, 5.74) is 1.82. The molecule has 2 amide bonds. The Morgan fingerprint density at radius 3 is 2.42 bits per heavy atom. The van der Waals surface area contributed by atoms with Gasteiger partial charge < -0.3 is 10.2 Å². The smallest absolute Gasteiger partial charge is 0.243 e. The summed E-state index contributed by atoms with van der Waals surface area (Å²) in [5.74, 6) is 0.266. The normalized spacial score (nSPS) is 12.8. The number of nitrogens with one attached hydrogen (secondary N) is 1. The van der Waals surface area contributed by atoms with Crippen molar-refractivity contribution >= 4 is 35.2 Å². The van der Waals surface area contributed by atoms with Crippen molar-refractivity contribution in [3.8, 4) is 0 Å². The summed E-state index contributed by atoms with van der Waals surface area (Å²) in [7, 11) is 0. The summed E-state index contributed by atoms with van der Waals surface area (Å²) in [6.45, 7) is 6.09. The quantitative estimate of drug-likeness (QED) is 0.482. The van der Waals surface area contributed by atoms with Gasteiger partial charge in [-0.05, 0) is 55.2 Å². The third kappa shape index (κ3) is 8.19. The van der Waals surface area contributed by atoms with Gasteiger partial charge in [-0.15, -0.1) is 11.8 Å². The van der Waals surface area contributed by atoms with E-state index in [0.29, 0.717) is 17.2 Å². The zero-order valence-corrected chi connectivity index (χ0v) is 19.8. The maximum atomic E-state index is 13.3. The SMILES string of the molecule is CCC(C)NC(=O)C(CC)N(Cc1ccc(F)cc1)C(=O)CSCc1cccc(Cl)c1. The van der Waals surface area contributed by atoms with E-state index < -0.39 is 6.04 Å². The summed E-state index contributed by atoms with van der Waals surface area (Å²) in [6, 6.07) is 13.0. The number of nitrogens with zero attached hydrogens (tertiary/aromatic N) is 1. The lowest BCUT2D eigenvalue weighted by atomic mass is 10.1. The average Bonchev–Trinajstić information content (AvgIpc) is 2.74. The van der Waals surface area contributed by atoms with E-state index in [-0.39, 0.29) is 36.0 Å². The number of carbonyl (C=O) groups excluding carboxylic acids is 2. The van der Waals surface area contributed by atoms with Crippen LogP contribution in [0.3, 0.4) is 0 Å². The molecular formula is C24H30ClFN2O2S. The van der Waals surface area contributed by atoms with Gasteiger partial charge in [0, 0.05) is 23.4 Å². The first-order valence-electron chi connectivity index (χ1n) is 10.5. The van der Waals surface area contributed by atoms with Crippen LogP contribution in [0.1, 0.15) is 44.7 Å². The summed E-state index contributed by atoms with van der Waals surface area (Å²) in [5, 5.41) is 3.65. The van der Waals surface area contributed by atoms with Gasteiger partial charge in [0.2, 0.25) is 11.8 Å². The van der Waals surface area contributed by atoms with Crippen LogP contribution in [-0.4, -0.2) is 34.6 Å². The third-order valence-corrected chi connectivity index (χ3v) is 6.26. The van der Waals surface area contributed by atoms with E-state index >= 15 is 0 Å². The molecule has 2 aromatic carbocycles. The number of hydrogen-bond donors (Lipinski definition) is 1. The van der Waals surface area contributed by atoms with E-state index in [0.717, 1.165) is 17.5 Å². The molecule has 1 N–H and O–H groups in total. The molecule has 0 aliphatic heterocycles. The molecule has 0 fully saturated rings. The summed E-state index contributed by atoms with van der Waals surface area (Å²) in [6.07, 6.45) is 1.30. The zero-order chi connectivity index (χ0) is 22.8. The Balaban J connectivity index is 2.13. The Bertz CT molecular complexity index is 863. The van der Waals surface area contributed by atoms with Gasteiger partial charge in [0.1, 0.15) is 11.9 Å². The predicted molar refractivity (Wildman–Crippen MR) is 127 cm³/mol. The molecule has 0 aliphatic carbocycles. The molecule has 7 heteroatoms. The number of halogens is 2. The van der Waals surface area contributed by atoms with Crippen molar-refractivity contribution in [1.29, 1.82) is 0 Å². The first kappa shape index (κ1) is 25.2. The number of benzene rings is 2. The van der Waals surface area contributed by atoms with E-state index in [1.165, 1.54) is 23.9 Å². The fraction of sp³-hybridized carbons (Fsp3) is 0.417. The predicted octanol–water partition coefficient (Wildman–Crippen LogP) is 5.43. The maximum Gasteiger partial charge on any atom is 0.243 e. The molecular weight excluding hydrogens is 435 g/mol. The summed E-state index contributed by atoms with van der Waals surface area (Å²) in [4.78, 5) is 27.6.